The fraction of sp³-hybridized carbons (Fsp3) is 0.0909. The van der Waals surface area contributed by atoms with E-state index in [0.717, 1.165) is 27.8 Å². The van der Waals surface area contributed by atoms with Crippen molar-refractivity contribution in [2.45, 2.75) is 6.92 Å². The second-order valence-corrected chi connectivity index (χ2v) is 6.21. The third-order valence-electron chi connectivity index (χ3n) is 3.90. The second-order valence-electron chi connectivity index (χ2n) is 5.80. The Morgan fingerprint density at radius 1 is 1.04 bits per heavy atom. The summed E-state index contributed by atoms with van der Waals surface area (Å²) in [5.74, 6) is 0.502. The Morgan fingerprint density at radius 3 is 2.56 bits per heavy atom. The average Bonchev–Trinajstić information content (AvgIpc) is 2.68. The van der Waals surface area contributed by atoms with Crippen molar-refractivity contribution in [2.75, 3.05) is 11.9 Å². The molecule has 1 amide bonds. The van der Waals surface area contributed by atoms with Gasteiger partial charge in [0.2, 0.25) is 5.91 Å². The van der Waals surface area contributed by atoms with E-state index >= 15 is 0 Å². The van der Waals surface area contributed by atoms with E-state index in [1.165, 1.54) is 6.08 Å². The molecule has 0 spiro atoms. The van der Waals surface area contributed by atoms with Crippen LogP contribution in [0.1, 0.15) is 12.5 Å². The van der Waals surface area contributed by atoms with Crippen molar-refractivity contribution < 1.29 is 9.53 Å². The number of hydrogen-bond donors (Lipinski definition) is 2. The van der Waals surface area contributed by atoms with Gasteiger partial charge in [-0.1, -0.05) is 42.5 Å². The summed E-state index contributed by atoms with van der Waals surface area (Å²) >= 11 is 5.20. The quantitative estimate of drug-likeness (QED) is 0.498. The van der Waals surface area contributed by atoms with Crippen LogP contribution >= 0.6 is 12.2 Å². The molecule has 4 nitrogen and oxygen atoms in total. The van der Waals surface area contributed by atoms with Crippen molar-refractivity contribution in [1.29, 1.82) is 0 Å². The lowest BCUT2D eigenvalue weighted by molar-refractivity contribution is -0.115. The molecule has 2 N–H and O–H groups in total. The van der Waals surface area contributed by atoms with Gasteiger partial charge in [-0.05, 0) is 65.8 Å². The molecule has 0 saturated carbocycles. The van der Waals surface area contributed by atoms with Gasteiger partial charge in [-0.15, -0.1) is 0 Å². The highest BCUT2D eigenvalue weighted by molar-refractivity contribution is 7.80. The topological polar surface area (TPSA) is 50.4 Å². The SMILES string of the molecule is CCOc1ccc(NC(=S)NC(=O)/C=C/c2cccc3ccccc23)cc1. The lowest BCUT2D eigenvalue weighted by Crippen LogP contribution is -2.32. The minimum atomic E-state index is -0.286. The molecular weight excluding hydrogens is 356 g/mol. The van der Waals surface area contributed by atoms with Crippen molar-refractivity contribution in [1.82, 2.24) is 5.32 Å². The molecule has 0 heterocycles. The fourth-order valence-corrected chi connectivity index (χ4v) is 2.90. The third kappa shape index (κ3) is 5.15. The van der Waals surface area contributed by atoms with Gasteiger partial charge in [-0.2, -0.15) is 0 Å². The Morgan fingerprint density at radius 2 is 1.78 bits per heavy atom. The summed E-state index contributed by atoms with van der Waals surface area (Å²) in [6.45, 7) is 2.55. The first kappa shape index (κ1) is 18.6. The normalized spacial score (nSPS) is 10.7. The van der Waals surface area contributed by atoms with E-state index in [1.54, 1.807) is 6.08 Å². The number of rotatable bonds is 5. The monoisotopic (exact) mass is 376 g/mol. The number of carbonyl (C=O) groups excluding carboxylic acids is 1. The van der Waals surface area contributed by atoms with Crippen LogP contribution in [0.2, 0.25) is 0 Å². The van der Waals surface area contributed by atoms with Crippen LogP contribution in [0.25, 0.3) is 16.8 Å². The van der Waals surface area contributed by atoms with Crippen LogP contribution in [0.3, 0.4) is 0 Å². The number of hydrogen-bond acceptors (Lipinski definition) is 3. The first-order valence-electron chi connectivity index (χ1n) is 8.66. The Bertz CT molecular complexity index is 976. The van der Waals surface area contributed by atoms with Crippen LogP contribution in [-0.4, -0.2) is 17.6 Å². The first-order valence-corrected chi connectivity index (χ1v) is 9.07. The maximum Gasteiger partial charge on any atom is 0.250 e. The molecule has 136 valence electrons. The molecule has 0 aromatic heterocycles. The molecule has 0 aliphatic rings. The van der Waals surface area contributed by atoms with Crippen LogP contribution in [0.5, 0.6) is 5.75 Å². The minimum absolute atomic E-state index is 0.242. The molecule has 0 radical (unpaired) electrons. The van der Waals surface area contributed by atoms with Crippen LogP contribution in [0.15, 0.2) is 72.8 Å². The van der Waals surface area contributed by atoms with Crippen molar-refractivity contribution in [2.24, 2.45) is 0 Å². The smallest absolute Gasteiger partial charge is 0.250 e. The summed E-state index contributed by atoms with van der Waals surface area (Å²) in [6.07, 6.45) is 3.27. The summed E-state index contributed by atoms with van der Waals surface area (Å²) in [6, 6.07) is 21.4. The molecule has 0 aliphatic heterocycles. The summed E-state index contributed by atoms with van der Waals surface area (Å²) in [5, 5.41) is 8.10. The Kier molecular flexibility index (Phi) is 6.18. The van der Waals surface area contributed by atoms with Gasteiger partial charge >= 0.3 is 0 Å². The summed E-state index contributed by atoms with van der Waals surface area (Å²) in [4.78, 5) is 12.1. The summed E-state index contributed by atoms with van der Waals surface area (Å²) in [7, 11) is 0. The molecule has 0 aliphatic carbocycles. The van der Waals surface area contributed by atoms with Gasteiger partial charge in [0.1, 0.15) is 5.75 Å². The maximum atomic E-state index is 12.1. The number of ether oxygens (including phenoxy) is 1. The third-order valence-corrected chi connectivity index (χ3v) is 4.10. The van der Waals surface area contributed by atoms with Gasteiger partial charge in [0, 0.05) is 11.8 Å². The number of nitrogens with one attached hydrogen (secondary N) is 2. The Labute approximate surface area is 163 Å². The zero-order valence-corrected chi connectivity index (χ0v) is 15.8. The molecule has 0 unspecified atom stereocenters. The molecular formula is C22H20N2O2S. The lowest BCUT2D eigenvalue weighted by atomic mass is 10.0. The molecule has 5 heteroatoms. The van der Waals surface area contributed by atoms with Crippen molar-refractivity contribution in [3.63, 3.8) is 0 Å². The fourth-order valence-electron chi connectivity index (χ4n) is 2.68. The Hall–Kier alpha value is -3.18. The van der Waals surface area contributed by atoms with Crippen LogP contribution < -0.4 is 15.4 Å². The van der Waals surface area contributed by atoms with Gasteiger partial charge in [0.15, 0.2) is 5.11 Å². The van der Waals surface area contributed by atoms with Crippen molar-refractivity contribution >= 4 is 45.8 Å². The number of fused-ring (bicyclic) bond motifs is 1. The Balaban J connectivity index is 1.59. The molecule has 3 aromatic rings. The van der Waals surface area contributed by atoms with E-state index in [4.69, 9.17) is 17.0 Å². The van der Waals surface area contributed by atoms with Gasteiger partial charge in [0.25, 0.3) is 0 Å². The van der Waals surface area contributed by atoms with Crippen LogP contribution in [0.4, 0.5) is 5.69 Å². The zero-order valence-electron chi connectivity index (χ0n) is 14.9. The molecule has 27 heavy (non-hydrogen) atoms. The molecule has 3 aromatic carbocycles. The van der Waals surface area contributed by atoms with Crippen molar-refractivity contribution in [3.05, 3.63) is 78.4 Å². The molecule has 0 saturated heterocycles. The first-order chi connectivity index (χ1) is 13.2. The number of amides is 1. The van der Waals surface area contributed by atoms with Crippen molar-refractivity contribution in [3.8, 4) is 5.75 Å². The standard InChI is InChI=1S/C22H20N2O2S/c1-2-26-19-13-11-18(12-14-19)23-22(27)24-21(25)15-10-17-8-5-7-16-6-3-4-9-20(16)17/h3-15H,2H2,1H3,(H2,23,24,25,27)/b15-10+. The largest absolute Gasteiger partial charge is 0.494 e. The predicted octanol–water partition coefficient (Wildman–Crippen LogP) is 4.76. The highest BCUT2D eigenvalue weighted by Gasteiger charge is 2.03. The highest BCUT2D eigenvalue weighted by atomic mass is 32.1. The van der Waals surface area contributed by atoms with Crippen LogP contribution in [0, 0.1) is 0 Å². The van der Waals surface area contributed by atoms with Gasteiger partial charge in [-0.3, -0.25) is 10.1 Å². The maximum absolute atomic E-state index is 12.1. The second kappa shape index (κ2) is 8.96. The summed E-state index contributed by atoms with van der Waals surface area (Å²) in [5.41, 5.74) is 1.76. The molecule has 3 rings (SSSR count). The molecule has 0 atom stereocenters. The number of thiocarbonyl (C=S) groups is 1. The number of carbonyl (C=O) groups is 1. The van der Waals surface area contributed by atoms with Crippen LogP contribution in [-0.2, 0) is 4.79 Å². The van der Waals surface area contributed by atoms with E-state index < -0.39 is 0 Å². The van der Waals surface area contributed by atoms with E-state index in [-0.39, 0.29) is 11.0 Å². The van der Waals surface area contributed by atoms with E-state index in [2.05, 4.69) is 10.6 Å². The van der Waals surface area contributed by atoms with E-state index in [0.29, 0.717) is 6.61 Å². The lowest BCUT2D eigenvalue weighted by Gasteiger charge is -2.09. The minimum Gasteiger partial charge on any atom is -0.494 e. The summed E-state index contributed by atoms with van der Waals surface area (Å²) < 4.78 is 5.40. The van der Waals surface area contributed by atoms with E-state index in [1.807, 2.05) is 73.7 Å². The van der Waals surface area contributed by atoms with Gasteiger partial charge in [-0.25, -0.2) is 0 Å². The van der Waals surface area contributed by atoms with Gasteiger partial charge in [0.05, 0.1) is 6.61 Å². The van der Waals surface area contributed by atoms with Gasteiger partial charge < -0.3 is 10.1 Å². The number of anilines is 1. The average molecular weight is 376 g/mol. The molecule has 0 bridgehead atoms. The predicted molar refractivity (Wildman–Crippen MR) is 115 cm³/mol. The highest BCUT2D eigenvalue weighted by Crippen LogP contribution is 2.19. The number of benzene rings is 3. The zero-order chi connectivity index (χ0) is 19.1. The van der Waals surface area contributed by atoms with E-state index in [9.17, 15) is 4.79 Å². The molecule has 0 fully saturated rings.